The first kappa shape index (κ1) is 15.2. The van der Waals surface area contributed by atoms with Crippen LogP contribution in [0.25, 0.3) is 0 Å². The van der Waals surface area contributed by atoms with Crippen LogP contribution in [0.5, 0.6) is 5.75 Å². The fraction of sp³-hybridized carbons (Fsp3) is 0.474. The van der Waals surface area contributed by atoms with E-state index in [9.17, 15) is 4.79 Å². The summed E-state index contributed by atoms with van der Waals surface area (Å²) < 4.78 is 7.81. The third kappa shape index (κ3) is 2.90. The minimum Gasteiger partial charge on any atom is -0.492 e. The number of carbonyl (C=O) groups excluding carboxylic acids is 1. The Labute approximate surface area is 142 Å². The highest BCUT2D eigenvalue weighted by Crippen LogP contribution is 2.29. The first-order valence-electron chi connectivity index (χ1n) is 8.71. The van der Waals surface area contributed by atoms with E-state index in [1.807, 2.05) is 40.9 Å². The Bertz CT molecular complexity index is 740. The van der Waals surface area contributed by atoms with Crippen LogP contribution in [0.4, 0.5) is 0 Å². The van der Waals surface area contributed by atoms with Crippen LogP contribution in [0.15, 0.2) is 36.7 Å². The smallest absolute Gasteiger partial charge is 0.229 e. The summed E-state index contributed by atoms with van der Waals surface area (Å²) >= 11 is 0. The summed E-state index contributed by atoms with van der Waals surface area (Å²) in [6.07, 6.45) is 6.83. The first-order chi connectivity index (χ1) is 11.7. The lowest BCUT2D eigenvalue weighted by molar-refractivity contribution is -0.138. The molecule has 0 bridgehead atoms. The van der Waals surface area contributed by atoms with Gasteiger partial charge in [0, 0.05) is 19.3 Å². The van der Waals surface area contributed by atoms with Crippen molar-refractivity contribution in [2.24, 2.45) is 5.92 Å². The average molecular weight is 325 g/mol. The molecule has 0 unspecified atom stereocenters. The highest BCUT2D eigenvalue weighted by atomic mass is 16.5. The van der Waals surface area contributed by atoms with Gasteiger partial charge in [0.2, 0.25) is 5.91 Å². The first-order valence-corrected chi connectivity index (χ1v) is 8.71. The van der Waals surface area contributed by atoms with Crippen LogP contribution in [0.1, 0.15) is 30.0 Å². The van der Waals surface area contributed by atoms with E-state index >= 15 is 0 Å². The molecule has 5 nitrogen and oxygen atoms in total. The van der Waals surface area contributed by atoms with Gasteiger partial charge in [-0.25, -0.2) is 0 Å². The maximum atomic E-state index is 13.0. The van der Waals surface area contributed by atoms with Crippen molar-refractivity contribution in [2.45, 2.75) is 32.2 Å². The lowest BCUT2D eigenvalue weighted by Gasteiger charge is -2.36. The van der Waals surface area contributed by atoms with Crippen LogP contribution in [0.3, 0.4) is 0 Å². The number of hydrogen-bond donors (Lipinski definition) is 0. The van der Waals surface area contributed by atoms with E-state index < -0.39 is 0 Å². The van der Waals surface area contributed by atoms with Crippen molar-refractivity contribution in [3.05, 3.63) is 47.8 Å². The van der Waals surface area contributed by atoms with Gasteiger partial charge in [0.15, 0.2) is 0 Å². The second-order valence-corrected chi connectivity index (χ2v) is 6.90. The normalized spacial score (nSPS) is 23.5. The molecule has 1 fully saturated rings. The van der Waals surface area contributed by atoms with Crippen LogP contribution < -0.4 is 4.74 Å². The fourth-order valence-electron chi connectivity index (χ4n) is 3.75. The summed E-state index contributed by atoms with van der Waals surface area (Å²) in [6.45, 7) is 4.12. The predicted molar refractivity (Wildman–Crippen MR) is 90.9 cm³/mol. The monoisotopic (exact) mass is 325 g/mol. The summed E-state index contributed by atoms with van der Waals surface area (Å²) in [5.74, 6) is 1.07. The van der Waals surface area contributed by atoms with E-state index in [-0.39, 0.29) is 17.9 Å². The van der Waals surface area contributed by atoms with Crippen LogP contribution in [0, 0.1) is 12.8 Å². The van der Waals surface area contributed by atoms with Crippen LogP contribution in [-0.2, 0) is 11.2 Å². The number of para-hydroxylation sites is 1. The number of likely N-dealkylation sites (tertiary alicyclic amines) is 1. The van der Waals surface area contributed by atoms with Crippen molar-refractivity contribution < 1.29 is 9.53 Å². The van der Waals surface area contributed by atoms with Gasteiger partial charge in [-0.15, -0.1) is 0 Å². The third-order valence-electron chi connectivity index (χ3n) is 5.04. The molecule has 1 aromatic heterocycles. The number of carbonyl (C=O) groups is 1. The maximum Gasteiger partial charge on any atom is 0.229 e. The highest BCUT2D eigenvalue weighted by Gasteiger charge is 2.32. The number of hydrogen-bond acceptors (Lipinski definition) is 3. The van der Waals surface area contributed by atoms with Crippen molar-refractivity contribution in [1.82, 2.24) is 14.7 Å². The minimum atomic E-state index is -0.0713. The number of fused-ring (bicyclic) bond motifs is 1. The molecular formula is C19H23N3O2. The number of aryl methyl sites for hydroxylation is 1. The molecule has 4 rings (SSSR count). The van der Waals surface area contributed by atoms with Crippen molar-refractivity contribution in [3.8, 4) is 5.75 Å². The Balaban J connectivity index is 1.45. The Kier molecular flexibility index (Phi) is 4.00. The molecule has 3 heterocycles. The molecule has 0 saturated carbocycles. The number of nitrogens with zero attached hydrogens (tertiary/aromatic N) is 3. The van der Waals surface area contributed by atoms with E-state index in [2.05, 4.69) is 17.4 Å². The molecule has 2 aliphatic rings. The molecule has 2 aliphatic heterocycles. The zero-order valence-corrected chi connectivity index (χ0v) is 14.0. The summed E-state index contributed by atoms with van der Waals surface area (Å²) in [4.78, 5) is 15.0. The van der Waals surface area contributed by atoms with Crippen LogP contribution in [0.2, 0.25) is 0 Å². The van der Waals surface area contributed by atoms with Gasteiger partial charge in [-0.1, -0.05) is 18.2 Å². The third-order valence-corrected chi connectivity index (χ3v) is 5.04. The molecule has 0 radical (unpaired) electrons. The number of aromatic nitrogens is 2. The standard InChI is InChI=1S/C19H23N3O2/c1-14-10-20-22(11-14)17-6-4-8-21(12-17)19(23)16-9-15-5-2-3-7-18(15)24-13-16/h2-3,5,7,10-11,16-17H,4,6,8-9,12-13H2,1H3/t16-,17+/m0/s1. The van der Waals surface area contributed by atoms with Gasteiger partial charge in [-0.3, -0.25) is 9.48 Å². The van der Waals surface area contributed by atoms with Gasteiger partial charge >= 0.3 is 0 Å². The minimum absolute atomic E-state index is 0.0713. The van der Waals surface area contributed by atoms with Gasteiger partial charge in [0.05, 0.1) is 18.2 Å². The Morgan fingerprint density at radius 2 is 2.21 bits per heavy atom. The molecular weight excluding hydrogens is 302 g/mol. The van der Waals surface area contributed by atoms with Crippen LogP contribution in [-0.4, -0.2) is 40.3 Å². The summed E-state index contributed by atoms with van der Waals surface area (Å²) in [6, 6.07) is 8.30. The lowest BCUT2D eigenvalue weighted by Crippen LogP contribution is -2.46. The van der Waals surface area contributed by atoms with E-state index in [0.29, 0.717) is 6.61 Å². The molecule has 1 aromatic carbocycles. The molecule has 126 valence electrons. The highest BCUT2D eigenvalue weighted by molar-refractivity contribution is 5.80. The van der Waals surface area contributed by atoms with Gasteiger partial charge in [0.1, 0.15) is 12.4 Å². The summed E-state index contributed by atoms with van der Waals surface area (Å²) in [5.41, 5.74) is 2.30. The van der Waals surface area contributed by atoms with E-state index in [0.717, 1.165) is 49.2 Å². The second kappa shape index (κ2) is 6.30. The zero-order chi connectivity index (χ0) is 16.5. The van der Waals surface area contributed by atoms with Crippen molar-refractivity contribution in [2.75, 3.05) is 19.7 Å². The number of rotatable bonds is 2. The molecule has 1 amide bonds. The number of amides is 1. The van der Waals surface area contributed by atoms with Gasteiger partial charge < -0.3 is 9.64 Å². The van der Waals surface area contributed by atoms with Gasteiger partial charge in [-0.2, -0.15) is 5.10 Å². The largest absolute Gasteiger partial charge is 0.492 e. The van der Waals surface area contributed by atoms with Gasteiger partial charge in [-0.05, 0) is 43.4 Å². The second-order valence-electron chi connectivity index (χ2n) is 6.90. The molecule has 0 aliphatic carbocycles. The van der Waals surface area contributed by atoms with E-state index in [1.165, 1.54) is 0 Å². The molecule has 0 spiro atoms. The lowest BCUT2D eigenvalue weighted by atomic mass is 9.94. The van der Waals surface area contributed by atoms with Gasteiger partial charge in [0.25, 0.3) is 0 Å². The SMILES string of the molecule is Cc1cnn([C@@H]2CCCN(C(=O)[C@@H]3COc4ccccc4C3)C2)c1. The molecule has 2 atom stereocenters. The Morgan fingerprint density at radius 3 is 3.04 bits per heavy atom. The maximum absolute atomic E-state index is 13.0. The molecule has 5 heteroatoms. The molecule has 24 heavy (non-hydrogen) atoms. The topological polar surface area (TPSA) is 47.4 Å². The van der Waals surface area contributed by atoms with Crippen molar-refractivity contribution >= 4 is 5.91 Å². The van der Waals surface area contributed by atoms with Crippen molar-refractivity contribution in [1.29, 1.82) is 0 Å². The predicted octanol–water partition coefficient (Wildman–Crippen LogP) is 2.61. The average Bonchev–Trinajstić information content (AvgIpc) is 3.07. The number of ether oxygens (including phenoxy) is 1. The fourth-order valence-corrected chi connectivity index (χ4v) is 3.75. The van der Waals surface area contributed by atoms with E-state index in [1.54, 1.807) is 0 Å². The quantitative estimate of drug-likeness (QED) is 0.853. The summed E-state index contributed by atoms with van der Waals surface area (Å²) in [5, 5.41) is 4.43. The number of piperidine rings is 1. The zero-order valence-electron chi connectivity index (χ0n) is 14.0. The molecule has 1 saturated heterocycles. The Hall–Kier alpha value is -2.30. The number of benzene rings is 1. The van der Waals surface area contributed by atoms with E-state index in [4.69, 9.17) is 4.74 Å². The Morgan fingerprint density at radius 1 is 1.33 bits per heavy atom. The molecule has 0 N–H and O–H groups in total. The molecule has 2 aromatic rings. The summed E-state index contributed by atoms with van der Waals surface area (Å²) in [7, 11) is 0. The van der Waals surface area contributed by atoms with Crippen LogP contribution >= 0.6 is 0 Å². The van der Waals surface area contributed by atoms with Crippen molar-refractivity contribution in [3.63, 3.8) is 0 Å².